The molecule has 3 aromatic rings. The van der Waals surface area contributed by atoms with Gasteiger partial charge in [-0.3, -0.25) is 9.59 Å². The van der Waals surface area contributed by atoms with Gasteiger partial charge in [-0.15, -0.1) is 0 Å². The monoisotopic (exact) mass is 483 g/mol. The average Bonchev–Trinajstić information content (AvgIpc) is 2.70. The van der Waals surface area contributed by atoms with Gasteiger partial charge in [-0.1, -0.05) is 52.5 Å². The van der Waals surface area contributed by atoms with Crippen LogP contribution in [0.5, 0.6) is 0 Å². The minimum atomic E-state index is -0.569. The number of anilines is 4. The largest absolute Gasteiger partial charge is 0.396 e. The van der Waals surface area contributed by atoms with E-state index in [0.717, 1.165) is 0 Å². The predicted molar refractivity (Wildman–Crippen MR) is 122 cm³/mol. The highest BCUT2D eigenvalue weighted by molar-refractivity contribution is 6.40. The maximum Gasteiger partial charge on any atom is 0.274 e. The second-order valence-electron chi connectivity index (χ2n) is 6.02. The van der Waals surface area contributed by atoms with Crippen LogP contribution in [0.15, 0.2) is 42.5 Å². The molecule has 0 aliphatic heterocycles. The SMILES string of the molecule is Nc1c(Cl)cc(NC(=O)c2cccc(C(=O)Nc3cc(Cl)c(N)c(Cl)c3)n2)cc1Cl. The number of nitrogens with one attached hydrogen (secondary N) is 2. The van der Waals surface area contributed by atoms with Crippen LogP contribution < -0.4 is 22.1 Å². The number of nitrogen functional groups attached to an aromatic ring is 2. The van der Waals surface area contributed by atoms with Crippen molar-refractivity contribution in [3.8, 4) is 0 Å². The summed E-state index contributed by atoms with van der Waals surface area (Å²) in [4.78, 5) is 29.1. The number of benzene rings is 2. The molecule has 6 N–H and O–H groups in total. The minimum absolute atomic E-state index is 0.0000841. The van der Waals surface area contributed by atoms with Crippen molar-refractivity contribution in [3.05, 3.63) is 73.9 Å². The van der Waals surface area contributed by atoms with Crippen LogP contribution in [0.1, 0.15) is 21.0 Å². The van der Waals surface area contributed by atoms with Crippen LogP contribution >= 0.6 is 46.4 Å². The van der Waals surface area contributed by atoms with Gasteiger partial charge in [0.2, 0.25) is 0 Å². The molecule has 2 aromatic carbocycles. The lowest BCUT2D eigenvalue weighted by atomic mass is 10.2. The molecule has 0 aliphatic rings. The molecule has 0 bridgehead atoms. The molecule has 2 amide bonds. The summed E-state index contributed by atoms with van der Waals surface area (Å²) in [5, 5.41) is 5.97. The Morgan fingerprint density at radius 3 is 1.37 bits per heavy atom. The van der Waals surface area contributed by atoms with Crippen LogP contribution in [-0.4, -0.2) is 16.8 Å². The molecule has 1 heterocycles. The van der Waals surface area contributed by atoms with E-state index < -0.39 is 11.8 Å². The van der Waals surface area contributed by atoms with E-state index in [1.165, 1.54) is 42.5 Å². The van der Waals surface area contributed by atoms with E-state index in [1.54, 1.807) is 0 Å². The van der Waals surface area contributed by atoms with Gasteiger partial charge in [0.1, 0.15) is 11.4 Å². The highest BCUT2D eigenvalue weighted by Crippen LogP contribution is 2.32. The Morgan fingerprint density at radius 1 is 0.700 bits per heavy atom. The zero-order valence-corrected chi connectivity index (χ0v) is 18.0. The second-order valence-corrected chi connectivity index (χ2v) is 7.65. The molecule has 0 fully saturated rings. The maximum atomic E-state index is 12.5. The number of rotatable bonds is 4. The van der Waals surface area contributed by atoms with Crippen molar-refractivity contribution in [1.29, 1.82) is 0 Å². The summed E-state index contributed by atoms with van der Waals surface area (Å²) in [6, 6.07) is 10.2. The number of hydrogen-bond acceptors (Lipinski definition) is 5. The van der Waals surface area contributed by atoms with Gasteiger partial charge < -0.3 is 22.1 Å². The smallest absolute Gasteiger partial charge is 0.274 e. The van der Waals surface area contributed by atoms with Gasteiger partial charge in [0, 0.05) is 11.4 Å². The molecule has 0 saturated heterocycles. The first-order valence-electron chi connectivity index (χ1n) is 8.24. The summed E-state index contributed by atoms with van der Waals surface area (Å²) >= 11 is 23.9. The Hall–Kier alpha value is -2.71. The number of halogens is 4. The fraction of sp³-hybridized carbons (Fsp3) is 0. The number of nitrogens with two attached hydrogens (primary N) is 2. The zero-order valence-electron chi connectivity index (χ0n) is 15.0. The molecule has 1 aromatic heterocycles. The van der Waals surface area contributed by atoms with Gasteiger partial charge in [0.05, 0.1) is 31.5 Å². The molecule has 7 nitrogen and oxygen atoms in total. The summed E-state index contributed by atoms with van der Waals surface area (Å²) in [6.07, 6.45) is 0. The van der Waals surface area contributed by atoms with Crippen LogP contribution in [0.25, 0.3) is 0 Å². The van der Waals surface area contributed by atoms with Crippen molar-refractivity contribution in [2.75, 3.05) is 22.1 Å². The van der Waals surface area contributed by atoms with E-state index in [1.807, 2.05) is 0 Å². The van der Waals surface area contributed by atoms with Gasteiger partial charge in [-0.2, -0.15) is 0 Å². The fourth-order valence-corrected chi connectivity index (χ4v) is 3.36. The molecule has 0 saturated carbocycles. The quantitative estimate of drug-likeness (QED) is 0.371. The van der Waals surface area contributed by atoms with Crippen LogP contribution in [-0.2, 0) is 0 Å². The number of amides is 2. The lowest BCUT2D eigenvalue weighted by Gasteiger charge is -2.10. The first kappa shape index (κ1) is 22.0. The van der Waals surface area contributed by atoms with Gasteiger partial charge in [0.25, 0.3) is 11.8 Å². The average molecular weight is 485 g/mol. The standard InChI is InChI=1S/C19H13Cl4N5O2/c20-10-4-8(5-11(21)16(10)24)26-18(29)14-2-1-3-15(28-14)19(30)27-9-6-12(22)17(25)13(23)7-9/h1-7H,24-25H2,(H,26,29)(H,27,30). The summed E-state index contributed by atoms with van der Waals surface area (Å²) in [5.74, 6) is -1.14. The Balaban J connectivity index is 1.78. The molecule has 3 rings (SSSR count). The van der Waals surface area contributed by atoms with E-state index in [0.29, 0.717) is 11.4 Å². The van der Waals surface area contributed by atoms with Crippen molar-refractivity contribution in [2.24, 2.45) is 0 Å². The topological polar surface area (TPSA) is 123 Å². The highest BCUT2D eigenvalue weighted by atomic mass is 35.5. The third kappa shape index (κ3) is 4.88. The molecular formula is C19H13Cl4N5O2. The molecule has 11 heteroatoms. The van der Waals surface area contributed by atoms with E-state index in [2.05, 4.69) is 15.6 Å². The number of nitrogens with zero attached hydrogens (tertiary/aromatic N) is 1. The molecule has 0 unspecified atom stereocenters. The third-order valence-corrected chi connectivity index (χ3v) is 5.14. The van der Waals surface area contributed by atoms with Crippen molar-refractivity contribution < 1.29 is 9.59 Å². The van der Waals surface area contributed by atoms with E-state index in [4.69, 9.17) is 57.9 Å². The molecule has 0 aliphatic carbocycles. The molecule has 0 spiro atoms. The summed E-state index contributed by atoms with van der Waals surface area (Å²) in [6.45, 7) is 0. The highest BCUT2D eigenvalue weighted by Gasteiger charge is 2.15. The first-order chi connectivity index (χ1) is 14.2. The van der Waals surface area contributed by atoms with Crippen LogP contribution in [0.2, 0.25) is 20.1 Å². The number of carbonyl (C=O) groups is 2. The van der Waals surface area contributed by atoms with Crippen molar-refractivity contribution >= 4 is 81.0 Å². The van der Waals surface area contributed by atoms with Gasteiger partial charge in [-0.25, -0.2) is 4.98 Å². The Bertz CT molecular complexity index is 1040. The first-order valence-corrected chi connectivity index (χ1v) is 9.75. The lowest BCUT2D eigenvalue weighted by molar-refractivity contribution is 0.101. The Morgan fingerprint density at radius 2 is 1.03 bits per heavy atom. The molecule has 0 radical (unpaired) electrons. The zero-order chi connectivity index (χ0) is 22.0. The second kappa shape index (κ2) is 8.97. The fourth-order valence-electron chi connectivity index (χ4n) is 2.39. The molecule has 154 valence electrons. The van der Waals surface area contributed by atoms with Crippen LogP contribution in [0.3, 0.4) is 0 Å². The predicted octanol–water partition coefficient (Wildman–Crippen LogP) is 5.36. The van der Waals surface area contributed by atoms with E-state index in [-0.39, 0.29) is 42.9 Å². The van der Waals surface area contributed by atoms with Gasteiger partial charge >= 0.3 is 0 Å². The van der Waals surface area contributed by atoms with Crippen LogP contribution in [0, 0.1) is 0 Å². The lowest BCUT2D eigenvalue weighted by Crippen LogP contribution is -2.18. The molecule has 30 heavy (non-hydrogen) atoms. The van der Waals surface area contributed by atoms with Crippen LogP contribution in [0.4, 0.5) is 22.7 Å². The number of pyridine rings is 1. The summed E-state index contributed by atoms with van der Waals surface area (Å²) < 4.78 is 0. The van der Waals surface area contributed by atoms with E-state index in [9.17, 15) is 9.59 Å². The number of hydrogen-bond donors (Lipinski definition) is 4. The molecular weight excluding hydrogens is 472 g/mol. The Kier molecular flexibility index (Phi) is 6.58. The summed E-state index contributed by atoms with van der Waals surface area (Å²) in [5.41, 5.74) is 12.4. The van der Waals surface area contributed by atoms with E-state index >= 15 is 0 Å². The number of aromatic nitrogens is 1. The van der Waals surface area contributed by atoms with Gasteiger partial charge in [0.15, 0.2) is 0 Å². The normalized spacial score (nSPS) is 10.5. The van der Waals surface area contributed by atoms with Gasteiger partial charge in [-0.05, 0) is 36.4 Å². The van der Waals surface area contributed by atoms with Crippen molar-refractivity contribution in [2.45, 2.75) is 0 Å². The van der Waals surface area contributed by atoms with Crippen molar-refractivity contribution in [1.82, 2.24) is 4.98 Å². The summed E-state index contributed by atoms with van der Waals surface area (Å²) in [7, 11) is 0. The molecule has 0 atom stereocenters. The minimum Gasteiger partial charge on any atom is -0.396 e. The number of carbonyl (C=O) groups excluding carboxylic acids is 2. The third-order valence-electron chi connectivity index (χ3n) is 3.89. The maximum absolute atomic E-state index is 12.5. The van der Waals surface area contributed by atoms with Crippen molar-refractivity contribution in [3.63, 3.8) is 0 Å². The Labute approximate surface area is 191 Å².